The normalized spacial score (nSPS) is 26.0. The van der Waals surface area contributed by atoms with Gasteiger partial charge in [0.2, 0.25) is 0 Å². The maximum atomic E-state index is 12.3. The van der Waals surface area contributed by atoms with Gasteiger partial charge >= 0.3 is 0 Å². The molecule has 3 rings (SSSR count). The first-order valence-electron chi connectivity index (χ1n) is 9.04. The molecule has 1 aromatic carbocycles. The highest BCUT2D eigenvalue weighted by molar-refractivity contribution is 7.91. The number of hydrogen-bond acceptors (Lipinski definition) is 4. The Kier molecular flexibility index (Phi) is 5.79. The number of amides is 1. The van der Waals surface area contributed by atoms with Crippen molar-refractivity contribution in [3.05, 3.63) is 29.3 Å². The molecule has 1 amide bonds. The van der Waals surface area contributed by atoms with Crippen LogP contribution in [-0.4, -0.2) is 70.0 Å². The first-order chi connectivity index (χ1) is 12.2. The van der Waals surface area contributed by atoms with Crippen LogP contribution in [0.1, 0.15) is 11.1 Å². The average molecular weight is 401 g/mol. The Balaban J connectivity index is 1.49. The number of nitrogens with zero attached hydrogens (tertiary/aromatic N) is 1. The molecule has 0 saturated carbocycles. The van der Waals surface area contributed by atoms with Gasteiger partial charge in [-0.2, -0.15) is 0 Å². The third-order valence-electron chi connectivity index (χ3n) is 5.43. The summed E-state index contributed by atoms with van der Waals surface area (Å²) in [4.78, 5) is 15.9. The first kappa shape index (κ1) is 19.5. The number of rotatable bonds is 4. The highest BCUT2D eigenvalue weighted by Crippen LogP contribution is 2.22. The molecule has 0 bridgehead atoms. The van der Waals surface area contributed by atoms with Gasteiger partial charge in [0.1, 0.15) is 0 Å². The fourth-order valence-electron chi connectivity index (χ4n) is 3.74. The topological polar surface area (TPSA) is 70.9 Å². The van der Waals surface area contributed by atoms with Crippen LogP contribution in [0.5, 0.6) is 0 Å². The summed E-state index contributed by atoms with van der Waals surface area (Å²) in [5.41, 5.74) is 3.87. The van der Waals surface area contributed by atoms with Gasteiger partial charge in [-0.25, -0.2) is 8.42 Å². The van der Waals surface area contributed by atoms with E-state index in [1.54, 1.807) is 0 Å². The molecule has 2 fully saturated rings. The second kappa shape index (κ2) is 7.74. The number of anilines is 1. The van der Waals surface area contributed by atoms with Gasteiger partial charge in [0, 0.05) is 5.69 Å². The van der Waals surface area contributed by atoms with Crippen molar-refractivity contribution < 1.29 is 18.1 Å². The van der Waals surface area contributed by atoms with E-state index in [1.165, 1.54) is 21.7 Å². The van der Waals surface area contributed by atoms with Crippen molar-refractivity contribution in [3.63, 3.8) is 0 Å². The average Bonchev–Trinajstić information content (AvgIpc) is 2.82. The van der Waals surface area contributed by atoms with E-state index in [9.17, 15) is 13.2 Å². The van der Waals surface area contributed by atoms with E-state index in [2.05, 4.69) is 42.3 Å². The van der Waals surface area contributed by atoms with Gasteiger partial charge in [0.05, 0.1) is 49.1 Å². The highest BCUT2D eigenvalue weighted by Gasteiger charge is 2.37. The van der Waals surface area contributed by atoms with Crippen LogP contribution < -0.4 is 15.1 Å². The summed E-state index contributed by atoms with van der Waals surface area (Å²) >= 11 is 6.06. The fraction of sp³-hybridized carbons (Fsp3) is 0.611. The number of carbonyl (C=O) groups is 1. The Morgan fingerprint density at radius 2 is 1.96 bits per heavy atom. The monoisotopic (exact) mass is 400 g/mol. The zero-order chi connectivity index (χ0) is 18.9. The van der Waals surface area contributed by atoms with Gasteiger partial charge in [-0.1, -0.05) is 12.1 Å². The van der Waals surface area contributed by atoms with Gasteiger partial charge in [0.25, 0.3) is 5.91 Å². The molecule has 2 atom stereocenters. The van der Waals surface area contributed by atoms with Crippen LogP contribution in [0.15, 0.2) is 18.2 Å². The number of sulfone groups is 1. The lowest BCUT2D eigenvalue weighted by molar-refractivity contribution is -0.892. The van der Waals surface area contributed by atoms with E-state index >= 15 is 0 Å². The molecule has 2 saturated heterocycles. The number of carbonyl (C=O) groups excluding carboxylic acids is 1. The van der Waals surface area contributed by atoms with Crippen LogP contribution in [-0.2, 0) is 14.6 Å². The molecule has 26 heavy (non-hydrogen) atoms. The van der Waals surface area contributed by atoms with Crippen molar-refractivity contribution in [3.8, 4) is 0 Å². The molecule has 144 valence electrons. The molecule has 0 radical (unpaired) electrons. The molecule has 2 aliphatic heterocycles. The molecule has 0 aliphatic carbocycles. The van der Waals surface area contributed by atoms with Crippen molar-refractivity contribution in [1.29, 1.82) is 0 Å². The summed E-state index contributed by atoms with van der Waals surface area (Å²) in [5, 5.41) is 2.28. The van der Waals surface area contributed by atoms with E-state index in [4.69, 9.17) is 11.6 Å². The number of hydrogen-bond donors (Lipinski definition) is 2. The summed E-state index contributed by atoms with van der Waals surface area (Å²) in [6.45, 7) is 8.21. The maximum Gasteiger partial charge on any atom is 0.275 e. The van der Waals surface area contributed by atoms with E-state index in [1.807, 2.05) is 0 Å². The summed E-state index contributed by atoms with van der Waals surface area (Å²) in [6, 6.07) is 5.90. The summed E-state index contributed by atoms with van der Waals surface area (Å²) in [5.74, 6) is -0.225. The SMILES string of the molecule is Cc1cccc(N2CC[NH+](CC(=O)N[C@@H]3CS(=O)(=O)C[C@H]3Cl)CC2)c1C. The summed E-state index contributed by atoms with van der Waals surface area (Å²) < 4.78 is 23.2. The lowest BCUT2D eigenvalue weighted by Gasteiger charge is -2.34. The second-order valence-corrected chi connectivity index (χ2v) is 10.1. The molecule has 0 aromatic heterocycles. The molecule has 2 heterocycles. The molecular weight excluding hydrogens is 374 g/mol. The minimum absolute atomic E-state index is 0.0529. The maximum absolute atomic E-state index is 12.3. The number of piperazine rings is 1. The van der Waals surface area contributed by atoms with Crippen molar-refractivity contribution in [1.82, 2.24) is 5.32 Å². The fourth-order valence-corrected chi connectivity index (χ4v) is 6.29. The van der Waals surface area contributed by atoms with Crippen molar-refractivity contribution in [2.75, 3.05) is 49.1 Å². The smallest absolute Gasteiger partial charge is 0.275 e. The number of alkyl halides is 1. The van der Waals surface area contributed by atoms with Crippen LogP contribution >= 0.6 is 11.6 Å². The van der Waals surface area contributed by atoms with Gasteiger partial charge in [-0.05, 0) is 31.0 Å². The number of benzene rings is 1. The zero-order valence-corrected chi connectivity index (χ0v) is 16.9. The number of quaternary nitrogens is 1. The summed E-state index contributed by atoms with van der Waals surface area (Å²) in [6.07, 6.45) is 0. The predicted molar refractivity (Wildman–Crippen MR) is 104 cm³/mol. The molecule has 0 unspecified atom stereocenters. The molecule has 0 spiro atoms. The Morgan fingerprint density at radius 3 is 2.58 bits per heavy atom. The minimum atomic E-state index is -3.13. The van der Waals surface area contributed by atoms with Crippen LogP contribution in [0.3, 0.4) is 0 Å². The van der Waals surface area contributed by atoms with Gasteiger partial charge in [0.15, 0.2) is 16.4 Å². The molecular formula is C18H27ClN3O3S+. The van der Waals surface area contributed by atoms with E-state index in [0.29, 0.717) is 6.54 Å². The number of halogens is 1. The first-order valence-corrected chi connectivity index (χ1v) is 11.3. The molecule has 2 aliphatic rings. The lowest BCUT2D eigenvalue weighted by atomic mass is 10.1. The Labute approximate surface area is 160 Å². The Bertz CT molecular complexity index is 776. The van der Waals surface area contributed by atoms with Gasteiger partial charge in [-0.15, -0.1) is 11.6 Å². The second-order valence-electron chi connectivity index (χ2n) is 7.40. The quantitative estimate of drug-likeness (QED) is 0.670. The standard InChI is InChI=1S/C18H26ClN3O3S/c1-13-4-3-5-17(14(13)2)22-8-6-21(7-9-22)10-18(23)20-16-12-26(24,25)11-15(16)19/h3-5,15-16H,6-12H2,1-2H3,(H,20,23)/p+1/t15-,16-/m1/s1. The largest absolute Gasteiger partial charge is 0.360 e. The third-order valence-corrected chi connectivity index (χ3v) is 7.80. The summed E-state index contributed by atoms with van der Waals surface area (Å²) in [7, 11) is -3.13. The van der Waals surface area contributed by atoms with Gasteiger partial charge < -0.3 is 15.1 Å². The molecule has 1 aromatic rings. The molecule has 6 nitrogen and oxygen atoms in total. The number of nitrogens with one attached hydrogen (secondary N) is 2. The lowest BCUT2D eigenvalue weighted by Crippen LogP contribution is -3.16. The van der Waals surface area contributed by atoms with Crippen molar-refractivity contribution >= 4 is 33.0 Å². The van der Waals surface area contributed by atoms with Crippen LogP contribution in [0, 0.1) is 13.8 Å². The predicted octanol–water partition coefficient (Wildman–Crippen LogP) is -0.471. The van der Waals surface area contributed by atoms with E-state index in [0.717, 1.165) is 26.2 Å². The highest BCUT2D eigenvalue weighted by atomic mass is 35.5. The third kappa shape index (κ3) is 4.50. The Morgan fingerprint density at radius 1 is 1.27 bits per heavy atom. The van der Waals surface area contributed by atoms with Crippen molar-refractivity contribution in [2.45, 2.75) is 25.3 Å². The number of aryl methyl sites for hydroxylation is 1. The molecule has 8 heteroatoms. The van der Waals surface area contributed by atoms with Crippen LogP contribution in [0.2, 0.25) is 0 Å². The van der Waals surface area contributed by atoms with Crippen LogP contribution in [0.4, 0.5) is 5.69 Å². The van der Waals surface area contributed by atoms with Crippen molar-refractivity contribution in [2.24, 2.45) is 0 Å². The zero-order valence-electron chi connectivity index (χ0n) is 15.3. The van der Waals surface area contributed by atoms with Gasteiger partial charge in [-0.3, -0.25) is 4.79 Å². The van der Waals surface area contributed by atoms with E-state index < -0.39 is 21.3 Å². The Hall–Kier alpha value is -1.31. The van der Waals surface area contributed by atoms with Crippen LogP contribution in [0.25, 0.3) is 0 Å². The van der Waals surface area contributed by atoms with E-state index in [-0.39, 0.29) is 17.4 Å². The minimum Gasteiger partial charge on any atom is -0.360 e. The molecule has 2 N–H and O–H groups in total.